The number of sulfonamides is 1. The number of rotatable bonds is 13. The third kappa shape index (κ3) is 9.42. The molecule has 0 fully saturated rings. The Bertz CT molecular complexity index is 1720. The van der Waals surface area contributed by atoms with Gasteiger partial charge in [-0.25, -0.2) is 8.42 Å². The van der Waals surface area contributed by atoms with Gasteiger partial charge in [0.05, 0.1) is 10.6 Å². The first kappa shape index (κ1) is 34.2. The number of amides is 2. The fraction of sp³-hybridized carbons (Fsp3) is 0.257. The van der Waals surface area contributed by atoms with E-state index in [1.165, 1.54) is 17.0 Å². The number of hydrogen-bond acceptors (Lipinski definition) is 4. The maximum absolute atomic E-state index is 14.5. The third-order valence-corrected chi connectivity index (χ3v) is 9.70. The van der Waals surface area contributed by atoms with Gasteiger partial charge in [-0.3, -0.25) is 13.9 Å². The lowest BCUT2D eigenvalue weighted by molar-refractivity contribution is -0.140. The van der Waals surface area contributed by atoms with Crippen molar-refractivity contribution in [3.8, 4) is 0 Å². The largest absolute Gasteiger partial charge is 0.354 e. The number of nitrogens with one attached hydrogen (secondary N) is 1. The predicted molar refractivity (Wildman–Crippen MR) is 184 cm³/mol. The molecule has 0 aliphatic carbocycles. The monoisotopic (exact) mass is 709 g/mol. The van der Waals surface area contributed by atoms with Crippen LogP contribution in [0, 0.1) is 12.8 Å². The molecule has 0 saturated carbocycles. The van der Waals surface area contributed by atoms with Gasteiger partial charge in [0.25, 0.3) is 10.0 Å². The Morgan fingerprint density at radius 1 is 0.867 bits per heavy atom. The second kappa shape index (κ2) is 15.6. The summed E-state index contributed by atoms with van der Waals surface area (Å²) in [7, 11) is -4.18. The average Bonchev–Trinajstić information content (AvgIpc) is 3.01. The Kier molecular flexibility index (Phi) is 11.8. The van der Waals surface area contributed by atoms with E-state index >= 15 is 0 Å². The van der Waals surface area contributed by atoms with Crippen LogP contribution >= 0.6 is 27.5 Å². The van der Waals surface area contributed by atoms with Gasteiger partial charge in [-0.15, -0.1) is 0 Å². The summed E-state index contributed by atoms with van der Waals surface area (Å²) < 4.78 is 30.0. The standard InChI is InChI=1S/C35H37BrClN3O4S/c1-25(2)22-38-35(42)33(20-27-9-5-4-6-10-27)39(23-28-11-7-13-30(37)19-28)34(41)24-40(31-14-8-12-29(36)21-31)45(43,44)32-17-15-26(3)16-18-32/h4-19,21,25,33H,20,22-24H2,1-3H3,(H,38,42)/t33-/m0/s1. The first-order valence-electron chi connectivity index (χ1n) is 14.6. The molecule has 0 heterocycles. The van der Waals surface area contributed by atoms with Crippen LogP contribution in [0.15, 0.2) is 112 Å². The summed E-state index contributed by atoms with van der Waals surface area (Å²) in [6, 6.07) is 28.9. The average molecular weight is 711 g/mol. The molecule has 4 rings (SSSR count). The van der Waals surface area contributed by atoms with Gasteiger partial charge in [0.15, 0.2) is 0 Å². The molecule has 0 bridgehead atoms. The first-order chi connectivity index (χ1) is 21.4. The molecule has 45 heavy (non-hydrogen) atoms. The fourth-order valence-corrected chi connectivity index (χ4v) is 6.81. The molecule has 236 valence electrons. The molecule has 4 aromatic carbocycles. The zero-order valence-electron chi connectivity index (χ0n) is 25.5. The number of benzene rings is 4. The zero-order chi connectivity index (χ0) is 32.6. The molecule has 1 N–H and O–H groups in total. The highest BCUT2D eigenvalue weighted by molar-refractivity contribution is 9.10. The highest BCUT2D eigenvalue weighted by atomic mass is 79.9. The van der Waals surface area contributed by atoms with Gasteiger partial charge in [0, 0.05) is 29.0 Å². The van der Waals surface area contributed by atoms with Crippen LogP contribution < -0.4 is 9.62 Å². The molecule has 4 aromatic rings. The van der Waals surface area contributed by atoms with Crippen LogP contribution in [0.3, 0.4) is 0 Å². The Balaban J connectivity index is 1.80. The molecule has 0 saturated heterocycles. The molecule has 10 heteroatoms. The summed E-state index contributed by atoms with van der Waals surface area (Å²) in [5.74, 6) is -0.667. The van der Waals surface area contributed by atoms with Gasteiger partial charge < -0.3 is 10.2 Å². The number of carbonyl (C=O) groups excluding carboxylic acids is 2. The van der Waals surface area contributed by atoms with E-state index in [1.807, 2.05) is 57.2 Å². The Hall–Kier alpha value is -3.66. The summed E-state index contributed by atoms with van der Waals surface area (Å²) in [5, 5.41) is 3.48. The molecule has 0 spiro atoms. The Labute approximate surface area is 279 Å². The molecule has 2 amide bonds. The fourth-order valence-electron chi connectivity index (χ4n) is 4.81. The summed E-state index contributed by atoms with van der Waals surface area (Å²) >= 11 is 9.74. The summed E-state index contributed by atoms with van der Waals surface area (Å²) in [4.78, 5) is 29.9. The number of halogens is 2. The lowest BCUT2D eigenvalue weighted by Crippen LogP contribution is -2.53. The van der Waals surface area contributed by atoms with Crippen molar-refractivity contribution < 1.29 is 18.0 Å². The molecule has 7 nitrogen and oxygen atoms in total. The normalized spacial score (nSPS) is 12.0. The van der Waals surface area contributed by atoms with E-state index in [0.29, 0.717) is 27.3 Å². The molecule has 0 aromatic heterocycles. The molecular formula is C35H37BrClN3O4S. The van der Waals surface area contributed by atoms with E-state index in [4.69, 9.17) is 11.6 Å². The zero-order valence-corrected chi connectivity index (χ0v) is 28.6. The lowest BCUT2D eigenvalue weighted by Gasteiger charge is -2.34. The van der Waals surface area contributed by atoms with E-state index in [2.05, 4.69) is 21.2 Å². The van der Waals surface area contributed by atoms with Crippen molar-refractivity contribution >= 4 is 55.1 Å². The number of hydrogen-bond donors (Lipinski definition) is 1. The number of carbonyl (C=O) groups is 2. The van der Waals surface area contributed by atoms with Gasteiger partial charge in [-0.2, -0.15) is 0 Å². The van der Waals surface area contributed by atoms with Gasteiger partial charge in [0.2, 0.25) is 11.8 Å². The van der Waals surface area contributed by atoms with Crippen LogP contribution in [0.1, 0.15) is 30.5 Å². The molecule has 0 aliphatic heterocycles. The van der Waals surface area contributed by atoms with Crippen LogP contribution in [0.25, 0.3) is 0 Å². The number of anilines is 1. The van der Waals surface area contributed by atoms with Gasteiger partial charge >= 0.3 is 0 Å². The number of aryl methyl sites for hydroxylation is 1. The summed E-state index contributed by atoms with van der Waals surface area (Å²) in [6.07, 6.45) is 0.235. The Morgan fingerprint density at radius 3 is 2.18 bits per heavy atom. The number of nitrogens with zero attached hydrogens (tertiary/aromatic N) is 2. The van der Waals surface area contributed by atoms with Gasteiger partial charge in [-0.05, 0) is 66.4 Å². The maximum atomic E-state index is 14.5. The quantitative estimate of drug-likeness (QED) is 0.162. The molecular weight excluding hydrogens is 674 g/mol. The predicted octanol–water partition coefficient (Wildman–Crippen LogP) is 7.02. The van der Waals surface area contributed by atoms with Crippen molar-refractivity contribution in [3.63, 3.8) is 0 Å². The molecule has 0 unspecified atom stereocenters. The van der Waals surface area contributed by atoms with E-state index < -0.39 is 28.5 Å². The minimum absolute atomic E-state index is 0.0445. The third-order valence-electron chi connectivity index (χ3n) is 7.18. The molecule has 0 radical (unpaired) electrons. The first-order valence-corrected chi connectivity index (χ1v) is 17.3. The molecule has 0 aliphatic rings. The van der Waals surface area contributed by atoms with Gasteiger partial charge in [0.1, 0.15) is 12.6 Å². The van der Waals surface area contributed by atoms with E-state index in [1.54, 1.807) is 54.6 Å². The Morgan fingerprint density at radius 2 is 1.53 bits per heavy atom. The van der Waals surface area contributed by atoms with Crippen molar-refractivity contribution in [1.82, 2.24) is 10.2 Å². The van der Waals surface area contributed by atoms with Crippen LogP contribution in [-0.4, -0.2) is 44.3 Å². The van der Waals surface area contributed by atoms with Gasteiger partial charge in [-0.1, -0.05) is 108 Å². The van der Waals surface area contributed by atoms with E-state index in [0.717, 1.165) is 15.4 Å². The minimum Gasteiger partial charge on any atom is -0.354 e. The van der Waals surface area contributed by atoms with E-state index in [-0.39, 0.29) is 29.7 Å². The summed E-state index contributed by atoms with van der Waals surface area (Å²) in [6.45, 7) is 5.80. The van der Waals surface area contributed by atoms with Crippen LogP contribution in [0.5, 0.6) is 0 Å². The topological polar surface area (TPSA) is 86.8 Å². The second-order valence-electron chi connectivity index (χ2n) is 11.3. The second-order valence-corrected chi connectivity index (χ2v) is 14.5. The van der Waals surface area contributed by atoms with Crippen LogP contribution in [0.2, 0.25) is 5.02 Å². The van der Waals surface area contributed by atoms with Crippen molar-refractivity contribution in [2.75, 3.05) is 17.4 Å². The smallest absolute Gasteiger partial charge is 0.264 e. The van der Waals surface area contributed by atoms with Crippen molar-refractivity contribution in [2.45, 2.75) is 44.7 Å². The highest BCUT2D eigenvalue weighted by Crippen LogP contribution is 2.28. The van der Waals surface area contributed by atoms with Crippen molar-refractivity contribution in [2.24, 2.45) is 5.92 Å². The van der Waals surface area contributed by atoms with Crippen molar-refractivity contribution in [3.05, 3.63) is 129 Å². The summed E-state index contributed by atoms with van der Waals surface area (Å²) in [5.41, 5.74) is 2.79. The van der Waals surface area contributed by atoms with E-state index in [9.17, 15) is 18.0 Å². The molecule has 1 atom stereocenters. The maximum Gasteiger partial charge on any atom is 0.264 e. The SMILES string of the molecule is Cc1ccc(S(=O)(=O)N(CC(=O)N(Cc2cccc(Cl)c2)[C@@H](Cc2ccccc2)C(=O)NCC(C)C)c2cccc(Br)c2)cc1. The van der Waals surface area contributed by atoms with Crippen LogP contribution in [0.4, 0.5) is 5.69 Å². The van der Waals surface area contributed by atoms with Crippen molar-refractivity contribution in [1.29, 1.82) is 0 Å². The highest BCUT2D eigenvalue weighted by Gasteiger charge is 2.34. The van der Waals surface area contributed by atoms with Crippen LogP contribution in [-0.2, 0) is 32.6 Å². The minimum atomic E-state index is -4.18. The lowest BCUT2D eigenvalue weighted by atomic mass is 10.0.